The Morgan fingerprint density at radius 1 is 1.31 bits per heavy atom. The Morgan fingerprint density at radius 2 is 2.00 bits per heavy atom. The van der Waals surface area contributed by atoms with Crippen molar-refractivity contribution in [2.24, 2.45) is 0 Å². The standard InChI is InChI=1S/C11H16N4O/c1-9-3-4-12-11(13-9)15-7-5-14(6-8-15)10(2)16/h3-4H,5-8H2,1-2H3. The predicted octanol–water partition coefficient (Wildman–Crippen LogP) is 0.454. The zero-order chi connectivity index (χ0) is 11.5. The number of piperazine rings is 1. The molecule has 0 spiro atoms. The van der Waals surface area contributed by atoms with Crippen LogP contribution in [0.1, 0.15) is 12.6 Å². The zero-order valence-corrected chi connectivity index (χ0v) is 9.68. The largest absolute Gasteiger partial charge is 0.339 e. The highest BCUT2D eigenvalue weighted by Crippen LogP contribution is 2.10. The zero-order valence-electron chi connectivity index (χ0n) is 9.68. The molecule has 1 aromatic rings. The monoisotopic (exact) mass is 220 g/mol. The van der Waals surface area contributed by atoms with Crippen LogP contribution in [-0.4, -0.2) is 47.0 Å². The van der Waals surface area contributed by atoms with Crippen molar-refractivity contribution in [1.29, 1.82) is 0 Å². The highest BCUT2D eigenvalue weighted by molar-refractivity contribution is 5.73. The SMILES string of the molecule is CC(=O)N1CCN(c2nccc(C)n2)CC1. The maximum atomic E-state index is 11.2. The van der Waals surface area contributed by atoms with Crippen molar-refractivity contribution in [2.45, 2.75) is 13.8 Å². The molecule has 0 atom stereocenters. The van der Waals surface area contributed by atoms with Crippen LogP contribution in [0, 0.1) is 6.92 Å². The van der Waals surface area contributed by atoms with Gasteiger partial charge in [-0.2, -0.15) is 0 Å². The van der Waals surface area contributed by atoms with Crippen molar-refractivity contribution in [3.63, 3.8) is 0 Å². The maximum Gasteiger partial charge on any atom is 0.225 e. The van der Waals surface area contributed by atoms with Crippen LogP contribution >= 0.6 is 0 Å². The lowest BCUT2D eigenvalue weighted by molar-refractivity contribution is -0.129. The lowest BCUT2D eigenvalue weighted by Crippen LogP contribution is -2.48. The summed E-state index contributed by atoms with van der Waals surface area (Å²) < 4.78 is 0. The Bertz CT molecular complexity index is 385. The number of amides is 1. The summed E-state index contributed by atoms with van der Waals surface area (Å²) in [6.07, 6.45) is 1.77. The third-order valence-corrected chi connectivity index (χ3v) is 2.79. The van der Waals surface area contributed by atoms with Gasteiger partial charge < -0.3 is 9.80 Å². The molecule has 1 fully saturated rings. The Morgan fingerprint density at radius 3 is 2.56 bits per heavy atom. The molecule has 0 radical (unpaired) electrons. The molecular formula is C11H16N4O. The average molecular weight is 220 g/mol. The van der Waals surface area contributed by atoms with Crippen LogP contribution in [0.25, 0.3) is 0 Å². The quantitative estimate of drug-likeness (QED) is 0.689. The summed E-state index contributed by atoms with van der Waals surface area (Å²) >= 11 is 0. The van der Waals surface area contributed by atoms with E-state index < -0.39 is 0 Å². The summed E-state index contributed by atoms with van der Waals surface area (Å²) in [6, 6.07) is 1.88. The number of aromatic nitrogens is 2. The summed E-state index contributed by atoms with van der Waals surface area (Å²) in [5.41, 5.74) is 0.971. The van der Waals surface area contributed by atoms with Gasteiger partial charge in [0.05, 0.1) is 0 Å². The van der Waals surface area contributed by atoms with E-state index in [4.69, 9.17) is 0 Å². The molecule has 0 aromatic carbocycles. The first-order valence-corrected chi connectivity index (χ1v) is 5.47. The second-order valence-corrected chi connectivity index (χ2v) is 3.99. The number of hydrogen-bond donors (Lipinski definition) is 0. The van der Waals surface area contributed by atoms with E-state index in [0.717, 1.165) is 37.8 Å². The topological polar surface area (TPSA) is 49.3 Å². The number of carbonyl (C=O) groups is 1. The first kappa shape index (κ1) is 10.9. The van der Waals surface area contributed by atoms with Gasteiger partial charge in [0.1, 0.15) is 0 Å². The van der Waals surface area contributed by atoms with Crippen LogP contribution in [0.2, 0.25) is 0 Å². The van der Waals surface area contributed by atoms with Gasteiger partial charge in [0, 0.05) is 45.0 Å². The molecule has 0 bridgehead atoms. The summed E-state index contributed by atoms with van der Waals surface area (Å²) in [6.45, 7) is 6.70. The average Bonchev–Trinajstić information content (AvgIpc) is 2.29. The number of rotatable bonds is 1. The fourth-order valence-electron chi connectivity index (χ4n) is 1.81. The summed E-state index contributed by atoms with van der Waals surface area (Å²) in [5, 5.41) is 0. The molecule has 1 saturated heterocycles. The highest BCUT2D eigenvalue weighted by atomic mass is 16.2. The minimum atomic E-state index is 0.143. The van der Waals surface area contributed by atoms with Crippen LogP contribution in [-0.2, 0) is 4.79 Å². The van der Waals surface area contributed by atoms with Gasteiger partial charge in [-0.15, -0.1) is 0 Å². The summed E-state index contributed by atoms with van der Waals surface area (Å²) in [4.78, 5) is 23.8. The third kappa shape index (κ3) is 2.29. The maximum absolute atomic E-state index is 11.2. The van der Waals surface area contributed by atoms with Crippen molar-refractivity contribution in [1.82, 2.24) is 14.9 Å². The molecule has 0 unspecified atom stereocenters. The van der Waals surface area contributed by atoms with Crippen LogP contribution in [0.4, 0.5) is 5.95 Å². The number of carbonyl (C=O) groups excluding carboxylic acids is 1. The van der Waals surface area contributed by atoms with Gasteiger partial charge in [-0.25, -0.2) is 9.97 Å². The van der Waals surface area contributed by atoms with E-state index in [1.807, 2.05) is 17.9 Å². The van der Waals surface area contributed by atoms with Crippen molar-refractivity contribution < 1.29 is 4.79 Å². The van der Waals surface area contributed by atoms with Gasteiger partial charge in [-0.3, -0.25) is 4.79 Å². The van der Waals surface area contributed by atoms with Gasteiger partial charge in [0.15, 0.2) is 0 Å². The van der Waals surface area contributed by atoms with Gasteiger partial charge in [0.25, 0.3) is 0 Å². The third-order valence-electron chi connectivity index (χ3n) is 2.79. The molecule has 5 heteroatoms. The molecule has 86 valence electrons. The van der Waals surface area contributed by atoms with Gasteiger partial charge in [-0.1, -0.05) is 0 Å². The molecule has 0 aliphatic carbocycles. The van der Waals surface area contributed by atoms with E-state index in [0.29, 0.717) is 0 Å². The van der Waals surface area contributed by atoms with Crippen LogP contribution in [0.3, 0.4) is 0 Å². The normalized spacial score (nSPS) is 16.4. The Kier molecular flexibility index (Phi) is 3.03. The number of anilines is 1. The Balaban J connectivity index is 2.01. The molecule has 2 heterocycles. The van der Waals surface area contributed by atoms with Crippen molar-refractivity contribution in [3.05, 3.63) is 18.0 Å². The molecule has 5 nitrogen and oxygen atoms in total. The van der Waals surface area contributed by atoms with Crippen LogP contribution in [0.5, 0.6) is 0 Å². The van der Waals surface area contributed by atoms with E-state index in [1.54, 1.807) is 13.1 Å². The first-order valence-electron chi connectivity index (χ1n) is 5.47. The smallest absolute Gasteiger partial charge is 0.225 e. The second-order valence-electron chi connectivity index (χ2n) is 3.99. The fourth-order valence-corrected chi connectivity index (χ4v) is 1.81. The minimum absolute atomic E-state index is 0.143. The van der Waals surface area contributed by atoms with E-state index in [2.05, 4.69) is 14.9 Å². The summed E-state index contributed by atoms with van der Waals surface area (Å²) in [5.74, 6) is 0.910. The van der Waals surface area contributed by atoms with Gasteiger partial charge in [-0.05, 0) is 13.0 Å². The first-order chi connectivity index (χ1) is 7.66. The molecule has 1 aliphatic heterocycles. The summed E-state index contributed by atoms with van der Waals surface area (Å²) in [7, 11) is 0. The van der Waals surface area contributed by atoms with Crippen molar-refractivity contribution in [3.8, 4) is 0 Å². The lowest BCUT2D eigenvalue weighted by atomic mass is 10.3. The molecule has 2 rings (SSSR count). The molecule has 1 amide bonds. The van der Waals surface area contributed by atoms with Gasteiger partial charge >= 0.3 is 0 Å². The van der Waals surface area contributed by atoms with Crippen molar-refractivity contribution in [2.75, 3.05) is 31.1 Å². The molecule has 0 saturated carbocycles. The van der Waals surface area contributed by atoms with Gasteiger partial charge in [0.2, 0.25) is 11.9 Å². The number of nitrogens with zero attached hydrogens (tertiary/aromatic N) is 4. The Hall–Kier alpha value is -1.65. The van der Waals surface area contributed by atoms with E-state index in [9.17, 15) is 4.79 Å². The number of hydrogen-bond acceptors (Lipinski definition) is 4. The van der Waals surface area contributed by atoms with Crippen molar-refractivity contribution >= 4 is 11.9 Å². The molecule has 1 aliphatic rings. The Labute approximate surface area is 95.1 Å². The predicted molar refractivity (Wildman–Crippen MR) is 61.2 cm³/mol. The molecule has 0 N–H and O–H groups in total. The van der Waals surface area contributed by atoms with Crippen LogP contribution < -0.4 is 4.90 Å². The fraction of sp³-hybridized carbons (Fsp3) is 0.545. The van der Waals surface area contributed by atoms with Crippen LogP contribution in [0.15, 0.2) is 12.3 Å². The van der Waals surface area contributed by atoms with E-state index >= 15 is 0 Å². The number of aryl methyl sites for hydroxylation is 1. The van der Waals surface area contributed by atoms with E-state index in [-0.39, 0.29) is 5.91 Å². The lowest BCUT2D eigenvalue weighted by Gasteiger charge is -2.34. The van der Waals surface area contributed by atoms with E-state index in [1.165, 1.54) is 0 Å². The highest BCUT2D eigenvalue weighted by Gasteiger charge is 2.20. The molecule has 16 heavy (non-hydrogen) atoms. The molecular weight excluding hydrogens is 204 g/mol. The minimum Gasteiger partial charge on any atom is -0.339 e. The molecule has 1 aromatic heterocycles. The second kappa shape index (κ2) is 4.47.